The maximum atomic E-state index is 14.1. The van der Waals surface area contributed by atoms with E-state index in [1.165, 1.54) is 30.3 Å². The second-order valence-corrected chi connectivity index (χ2v) is 14.2. The molecule has 1 aromatic heterocycles. The lowest BCUT2D eigenvalue weighted by Gasteiger charge is -2.39. The number of amides is 1. The number of carbonyl (C=O) groups is 1. The first kappa shape index (κ1) is 31.1. The lowest BCUT2D eigenvalue weighted by Crippen LogP contribution is -2.56. The first-order valence-electron chi connectivity index (χ1n) is 13.6. The average molecular weight is 645 g/mol. The Bertz CT molecular complexity index is 1830. The molecular formula is C27H28N6O9S2. The van der Waals surface area contributed by atoms with Gasteiger partial charge >= 0.3 is 0 Å². The van der Waals surface area contributed by atoms with Crippen LogP contribution >= 0.6 is 0 Å². The molecular weight excluding hydrogens is 616 g/mol. The van der Waals surface area contributed by atoms with Crippen molar-refractivity contribution in [2.75, 3.05) is 6.54 Å². The van der Waals surface area contributed by atoms with E-state index in [1.807, 2.05) is 0 Å². The highest BCUT2D eigenvalue weighted by Crippen LogP contribution is 2.34. The van der Waals surface area contributed by atoms with Crippen molar-refractivity contribution in [3.63, 3.8) is 0 Å². The highest BCUT2D eigenvalue weighted by Gasteiger charge is 2.42. The Labute approximate surface area is 252 Å². The number of benzene rings is 2. The van der Waals surface area contributed by atoms with Gasteiger partial charge in [0, 0.05) is 24.2 Å². The van der Waals surface area contributed by atoms with Gasteiger partial charge in [-0.05, 0) is 37.1 Å². The standard InChI is InChI=1S/C27H28N6O9S2/c34-27-18-30(43(39,40)25-14-5-3-12-23(25)32(35)36)16-19-8-7-9-20(28-19)17-31(22-11-2-1-10-21(22)29-27)44(41,42)26-15-6-4-13-24(26)33(37)38/h3-9,12-15,21-22H,1-2,10-11,16-18H2,(H,29,34)/t21-,22-/m0/s1. The van der Waals surface area contributed by atoms with Gasteiger partial charge in [0.15, 0.2) is 9.79 Å². The summed E-state index contributed by atoms with van der Waals surface area (Å²) < 4.78 is 57.7. The summed E-state index contributed by atoms with van der Waals surface area (Å²) in [4.78, 5) is 38.6. The largest absolute Gasteiger partial charge is 0.351 e. The second kappa shape index (κ2) is 12.4. The Hall–Kier alpha value is -4.32. The molecule has 2 atom stereocenters. The molecule has 232 valence electrons. The van der Waals surface area contributed by atoms with Crippen LogP contribution in [-0.2, 0) is 37.9 Å². The summed E-state index contributed by atoms with van der Waals surface area (Å²) >= 11 is 0. The number of fused-ring (bicyclic) bond motifs is 3. The number of nitro groups is 2. The fraction of sp³-hybridized carbons (Fsp3) is 0.333. The summed E-state index contributed by atoms with van der Waals surface area (Å²) in [5, 5.41) is 26.2. The molecule has 1 aliphatic carbocycles. The first-order valence-corrected chi connectivity index (χ1v) is 16.5. The molecule has 1 aliphatic heterocycles. The van der Waals surface area contributed by atoms with Crippen molar-refractivity contribution < 1.29 is 31.5 Å². The van der Waals surface area contributed by atoms with Crippen LogP contribution in [0.3, 0.4) is 0 Å². The van der Waals surface area contributed by atoms with E-state index < -0.39 is 82.1 Å². The van der Waals surface area contributed by atoms with Gasteiger partial charge in [-0.3, -0.25) is 30.0 Å². The van der Waals surface area contributed by atoms with Crippen LogP contribution in [0.4, 0.5) is 11.4 Å². The van der Waals surface area contributed by atoms with Crippen molar-refractivity contribution in [3.05, 3.63) is 98.3 Å². The van der Waals surface area contributed by atoms with Gasteiger partial charge < -0.3 is 5.32 Å². The van der Waals surface area contributed by atoms with Crippen molar-refractivity contribution in [1.82, 2.24) is 18.9 Å². The molecule has 2 aliphatic rings. The second-order valence-electron chi connectivity index (χ2n) is 10.4. The van der Waals surface area contributed by atoms with Gasteiger partial charge in [0.2, 0.25) is 5.91 Å². The van der Waals surface area contributed by atoms with Crippen LogP contribution in [0, 0.1) is 20.2 Å². The minimum Gasteiger partial charge on any atom is -0.351 e. The monoisotopic (exact) mass is 644 g/mol. The molecule has 0 radical (unpaired) electrons. The molecule has 3 aromatic rings. The molecule has 0 spiro atoms. The first-order chi connectivity index (χ1) is 20.9. The Morgan fingerprint density at radius 3 is 1.89 bits per heavy atom. The maximum absolute atomic E-state index is 14.1. The van der Waals surface area contributed by atoms with Crippen molar-refractivity contribution >= 4 is 37.3 Å². The van der Waals surface area contributed by atoms with Crippen molar-refractivity contribution in [3.8, 4) is 0 Å². The molecule has 0 unspecified atom stereocenters. The molecule has 1 saturated carbocycles. The van der Waals surface area contributed by atoms with Crippen LogP contribution in [0.5, 0.6) is 0 Å². The zero-order chi connectivity index (χ0) is 31.6. The number of para-hydroxylation sites is 2. The van der Waals surface area contributed by atoms with Gasteiger partial charge in [-0.25, -0.2) is 16.8 Å². The molecule has 15 nitrogen and oxygen atoms in total. The number of nitro benzene ring substituents is 2. The highest BCUT2D eigenvalue weighted by molar-refractivity contribution is 7.89. The topological polar surface area (TPSA) is 203 Å². The van der Waals surface area contributed by atoms with Crippen molar-refractivity contribution in [2.24, 2.45) is 0 Å². The molecule has 2 bridgehead atoms. The van der Waals surface area contributed by atoms with E-state index in [2.05, 4.69) is 10.3 Å². The highest BCUT2D eigenvalue weighted by atomic mass is 32.2. The zero-order valence-electron chi connectivity index (χ0n) is 23.2. The molecule has 1 N–H and O–H groups in total. The predicted octanol–water partition coefficient (Wildman–Crippen LogP) is 2.72. The lowest BCUT2D eigenvalue weighted by atomic mass is 9.90. The molecule has 1 fully saturated rings. The average Bonchev–Trinajstić information content (AvgIpc) is 2.99. The van der Waals surface area contributed by atoms with Crippen LogP contribution in [-0.4, -0.2) is 64.8 Å². The zero-order valence-corrected chi connectivity index (χ0v) is 24.8. The Morgan fingerprint density at radius 2 is 1.27 bits per heavy atom. The van der Waals surface area contributed by atoms with Crippen LogP contribution in [0.1, 0.15) is 37.1 Å². The molecule has 1 amide bonds. The van der Waals surface area contributed by atoms with Crippen LogP contribution < -0.4 is 5.32 Å². The van der Waals surface area contributed by atoms with Gasteiger partial charge in [0.05, 0.1) is 40.9 Å². The number of carbonyl (C=O) groups excluding carboxylic acids is 1. The number of pyridine rings is 1. The van der Waals surface area contributed by atoms with E-state index in [-0.39, 0.29) is 17.9 Å². The van der Waals surface area contributed by atoms with E-state index in [0.717, 1.165) is 32.9 Å². The van der Waals surface area contributed by atoms with Crippen molar-refractivity contribution in [2.45, 2.75) is 60.6 Å². The Morgan fingerprint density at radius 1 is 0.727 bits per heavy atom. The molecule has 0 saturated heterocycles. The van der Waals surface area contributed by atoms with Crippen molar-refractivity contribution in [1.29, 1.82) is 0 Å². The summed E-state index contributed by atoms with van der Waals surface area (Å²) in [6.45, 7) is -1.47. The summed E-state index contributed by atoms with van der Waals surface area (Å²) in [5.74, 6) is -0.746. The molecule has 17 heteroatoms. The van der Waals surface area contributed by atoms with Gasteiger partial charge in [0.1, 0.15) is 0 Å². The van der Waals surface area contributed by atoms with E-state index in [4.69, 9.17) is 0 Å². The SMILES string of the molecule is O=C1CN(S(=O)(=O)c2ccccc2[N+](=O)[O-])Cc2cccc(n2)CN(S(=O)(=O)c2ccccc2[N+](=O)[O-])[C@H]2CCCC[C@@H]2N1. The minimum absolute atomic E-state index is 0.154. The Kier molecular flexibility index (Phi) is 8.73. The van der Waals surface area contributed by atoms with Crippen LogP contribution in [0.25, 0.3) is 0 Å². The van der Waals surface area contributed by atoms with Gasteiger partial charge in [0.25, 0.3) is 31.4 Å². The number of nitrogens with zero attached hydrogens (tertiary/aromatic N) is 5. The van der Waals surface area contributed by atoms with Crippen LogP contribution in [0.2, 0.25) is 0 Å². The third-order valence-corrected chi connectivity index (χ3v) is 11.4. The lowest BCUT2D eigenvalue weighted by molar-refractivity contribution is -0.388. The number of hydrogen-bond donors (Lipinski definition) is 1. The predicted molar refractivity (Wildman–Crippen MR) is 155 cm³/mol. The van der Waals surface area contributed by atoms with Crippen LogP contribution in [0.15, 0.2) is 76.5 Å². The fourth-order valence-electron chi connectivity index (χ4n) is 5.61. The third-order valence-electron chi connectivity index (χ3n) is 7.61. The number of nitrogens with one attached hydrogen (secondary N) is 1. The minimum atomic E-state index is -4.58. The molecule has 2 aromatic carbocycles. The summed E-state index contributed by atoms with van der Waals surface area (Å²) in [6, 6.07) is 12.8. The quantitative estimate of drug-likeness (QED) is 0.307. The fourth-order valence-corrected chi connectivity index (χ4v) is 8.95. The number of sulfonamides is 2. The molecule has 2 heterocycles. The summed E-state index contributed by atoms with van der Waals surface area (Å²) in [5.41, 5.74) is -0.846. The van der Waals surface area contributed by atoms with Gasteiger partial charge in [-0.2, -0.15) is 8.61 Å². The maximum Gasteiger partial charge on any atom is 0.289 e. The normalized spacial score (nSPS) is 20.4. The molecule has 44 heavy (non-hydrogen) atoms. The molecule has 5 rings (SSSR count). The number of aromatic nitrogens is 1. The Balaban J connectivity index is 1.61. The smallest absolute Gasteiger partial charge is 0.289 e. The summed E-state index contributed by atoms with van der Waals surface area (Å²) in [7, 11) is -9.08. The van der Waals surface area contributed by atoms with Gasteiger partial charge in [-0.1, -0.05) is 43.2 Å². The number of rotatable bonds is 6. The van der Waals surface area contributed by atoms with Gasteiger partial charge in [-0.15, -0.1) is 0 Å². The van der Waals surface area contributed by atoms with E-state index >= 15 is 0 Å². The summed E-state index contributed by atoms with van der Waals surface area (Å²) in [6.07, 6.45) is 1.95. The third kappa shape index (κ3) is 6.17. The van der Waals surface area contributed by atoms with E-state index in [9.17, 15) is 41.9 Å². The van der Waals surface area contributed by atoms with E-state index in [0.29, 0.717) is 25.7 Å². The van der Waals surface area contributed by atoms with E-state index in [1.54, 1.807) is 12.1 Å². The number of hydrogen-bond acceptors (Lipinski definition) is 10.